The number of nitrogens with one attached hydrogen (secondary N) is 9. The second kappa shape index (κ2) is 34.0. The van der Waals surface area contributed by atoms with E-state index in [9.17, 15) is 72.9 Å². The first-order valence-corrected chi connectivity index (χ1v) is 32.2. The highest BCUT2D eigenvalue weighted by atomic mass is 32.2. The maximum Gasteiger partial charge on any atom is 0.253 e. The Morgan fingerprint density at radius 2 is 1.43 bits per heavy atom. The number of thioether (sulfide) groups is 1. The second-order valence-corrected chi connectivity index (χ2v) is 25.7. The van der Waals surface area contributed by atoms with Crippen molar-refractivity contribution in [2.75, 3.05) is 43.9 Å². The number of carbonyl (C=O) groups is 14. The lowest BCUT2D eigenvalue weighted by atomic mass is 9.85. The number of ketones is 3. The molecule has 7 rings (SSSR count). The van der Waals surface area contributed by atoms with Crippen molar-refractivity contribution in [2.24, 2.45) is 35.5 Å². The Hall–Kier alpha value is -8.67. The number of rotatable bonds is 19. The van der Waals surface area contributed by atoms with Crippen LogP contribution in [0.2, 0.25) is 0 Å². The van der Waals surface area contributed by atoms with Gasteiger partial charge in [0.1, 0.15) is 12.1 Å². The molecule has 1 fully saturated rings. The summed E-state index contributed by atoms with van der Waals surface area (Å²) in [5.74, 6) is -16.0. The molecule has 5 heterocycles. The Morgan fingerprint density at radius 1 is 0.766 bits per heavy atom. The molecule has 4 aliphatic rings. The number of para-hydroxylation sites is 1. The molecule has 0 radical (unpaired) electrons. The maximum atomic E-state index is 15.1. The summed E-state index contributed by atoms with van der Waals surface area (Å²) in [6.07, 6.45) is -3.42. The van der Waals surface area contributed by atoms with E-state index in [1.807, 2.05) is 0 Å². The summed E-state index contributed by atoms with van der Waals surface area (Å²) >= 11 is 1.06. The first-order valence-electron chi connectivity index (χ1n) is 31.2. The van der Waals surface area contributed by atoms with E-state index in [1.54, 1.807) is 76.2 Å². The number of aliphatic hydroxyl groups is 3. The smallest absolute Gasteiger partial charge is 0.253 e. The number of benzene rings is 2. The molecule has 12 atom stereocenters. The number of Topliss-reactive ketones (excluding diaryl/α,β-unsaturated/α-hetero) is 3. The highest BCUT2D eigenvalue weighted by molar-refractivity contribution is 7.99. The van der Waals surface area contributed by atoms with Gasteiger partial charge in [0.05, 0.1) is 61.0 Å². The third-order valence-electron chi connectivity index (χ3n) is 17.3. The zero-order valence-electron chi connectivity index (χ0n) is 52.7. The van der Waals surface area contributed by atoms with E-state index in [4.69, 9.17) is 0 Å². The van der Waals surface area contributed by atoms with E-state index in [0.717, 1.165) is 33.7 Å². The fourth-order valence-electron chi connectivity index (χ4n) is 11.6. The number of aliphatic hydroxyl groups excluding tert-OH is 3. The minimum absolute atomic E-state index is 0. The highest BCUT2D eigenvalue weighted by Gasteiger charge is 2.45. The summed E-state index contributed by atoms with van der Waals surface area (Å²) in [5.41, 5.74) is 1.91. The number of H-pyrrole nitrogens is 1. The number of hydrogen-bond acceptors (Lipinski definition) is 18. The van der Waals surface area contributed by atoms with Crippen molar-refractivity contribution in [3.63, 3.8) is 0 Å². The normalized spacial score (nSPS) is 23.7. The molecule has 29 heteroatoms. The molecule has 4 aliphatic heterocycles. The van der Waals surface area contributed by atoms with Crippen LogP contribution in [0.3, 0.4) is 0 Å². The van der Waals surface area contributed by atoms with Crippen LogP contribution in [0.25, 0.3) is 10.9 Å². The molecule has 3 aromatic rings. The molecule has 1 aromatic heterocycles. The molecule has 2 bridgehead atoms. The largest absolute Gasteiger partial charge is 0.394 e. The van der Waals surface area contributed by atoms with Crippen molar-refractivity contribution in [1.82, 2.24) is 52.0 Å². The number of aromatic amines is 1. The van der Waals surface area contributed by atoms with Gasteiger partial charge in [-0.2, -0.15) is 0 Å². The standard InChI is InChI=1S/C64H83N11O17S.CH4/c1-7-33(4)57-62(91)67-27-52(84)69-44-31-93-63-42(41-10-8-9-11-43(41)70-63)21-37(60(89)66-28-53(85)72-57)22-48(80)58(35(6)49(81)30-76)73-61(90)45-25-40(77)29-75(45)64(92)38(23-46(44)78)24-51(83)65-26-36-12-14-39(15-13-36)68-59(88)34(5)20-47(79)56(32(2)3)71-50(82)18-19-74-54(86)16-17-55(74)87;/h8-17,32-35,37-38,40,44-45,49,56-58,70,76-77,81H,7,18-31H2,1-6H3,(H,65,83)(H,66,89)(H,67,91)(H,68,88)(H,69,84)(H,71,82)(H,72,85)(H,73,90);1H4/t33-,34+,35-,37+,38-,40?,44?,45-,49-,56?,57-,58-;/m0./s1. The number of imide groups is 1. The zero-order chi connectivity index (χ0) is 68.0. The Balaban J connectivity index is 0.0000140. The lowest BCUT2D eigenvalue weighted by molar-refractivity contribution is -0.145. The molecule has 0 spiro atoms. The molecule has 12 N–H and O–H groups in total. The molecule has 510 valence electrons. The summed E-state index contributed by atoms with van der Waals surface area (Å²) < 4.78 is 0. The summed E-state index contributed by atoms with van der Waals surface area (Å²) in [6.45, 7) is 6.87. The van der Waals surface area contributed by atoms with Gasteiger partial charge in [0.2, 0.25) is 53.2 Å². The van der Waals surface area contributed by atoms with Crippen LogP contribution in [-0.4, -0.2) is 193 Å². The van der Waals surface area contributed by atoms with Gasteiger partial charge in [-0.25, -0.2) is 0 Å². The number of aromatic nitrogens is 1. The first kappa shape index (κ1) is 74.4. The van der Waals surface area contributed by atoms with E-state index < -0.39 is 200 Å². The van der Waals surface area contributed by atoms with Crippen molar-refractivity contribution < 1.29 is 82.4 Å². The van der Waals surface area contributed by atoms with E-state index in [0.29, 0.717) is 39.2 Å². The van der Waals surface area contributed by atoms with Gasteiger partial charge >= 0.3 is 0 Å². The van der Waals surface area contributed by atoms with Gasteiger partial charge in [-0.3, -0.25) is 72.0 Å². The lowest BCUT2D eigenvalue weighted by Crippen LogP contribution is -2.56. The van der Waals surface area contributed by atoms with Gasteiger partial charge < -0.3 is 67.7 Å². The number of fused-ring (bicyclic) bond motifs is 5. The molecule has 11 amide bonds. The van der Waals surface area contributed by atoms with Crippen LogP contribution in [0.5, 0.6) is 0 Å². The predicted molar refractivity (Wildman–Crippen MR) is 343 cm³/mol. The van der Waals surface area contributed by atoms with Crippen molar-refractivity contribution in [3.05, 3.63) is 71.8 Å². The average Bonchev–Trinajstić information content (AvgIpc) is 1.63. The predicted octanol–water partition coefficient (Wildman–Crippen LogP) is -0.00320. The molecule has 3 unspecified atom stereocenters. The number of amides is 11. The van der Waals surface area contributed by atoms with Gasteiger partial charge in [0.15, 0.2) is 17.3 Å². The number of nitrogens with zero attached hydrogens (tertiary/aromatic N) is 2. The minimum atomic E-state index is -1.63. The fourth-order valence-corrected chi connectivity index (χ4v) is 12.7. The molecular formula is C65H87N11O17S. The van der Waals surface area contributed by atoms with Gasteiger partial charge in [-0.05, 0) is 47.6 Å². The van der Waals surface area contributed by atoms with Crippen LogP contribution in [0.4, 0.5) is 5.69 Å². The summed E-state index contributed by atoms with van der Waals surface area (Å²) in [6, 6.07) is 6.49. The number of carbonyl (C=O) groups excluding carboxylic acids is 14. The Labute approximate surface area is 548 Å². The Kier molecular flexibility index (Phi) is 26.9. The molecule has 0 saturated carbocycles. The third kappa shape index (κ3) is 19.5. The van der Waals surface area contributed by atoms with Gasteiger partial charge in [0, 0.05) is 110 Å². The van der Waals surface area contributed by atoms with Crippen LogP contribution in [0, 0.1) is 35.5 Å². The summed E-state index contributed by atoms with van der Waals surface area (Å²) in [5, 5.41) is 54.4. The minimum Gasteiger partial charge on any atom is -0.394 e. The van der Waals surface area contributed by atoms with Crippen LogP contribution >= 0.6 is 11.8 Å². The van der Waals surface area contributed by atoms with Crippen molar-refractivity contribution in [3.8, 4) is 0 Å². The average molecular weight is 1330 g/mol. The van der Waals surface area contributed by atoms with Crippen molar-refractivity contribution in [1.29, 1.82) is 0 Å². The highest BCUT2D eigenvalue weighted by Crippen LogP contribution is 2.35. The monoisotopic (exact) mass is 1330 g/mol. The second-order valence-electron chi connectivity index (χ2n) is 24.6. The molecule has 2 aromatic carbocycles. The quantitative estimate of drug-likeness (QED) is 0.0703. The van der Waals surface area contributed by atoms with Gasteiger partial charge in [0.25, 0.3) is 11.8 Å². The molecule has 1 saturated heterocycles. The number of hydrogen-bond donors (Lipinski definition) is 12. The Bertz CT molecular complexity index is 3370. The lowest BCUT2D eigenvalue weighted by Gasteiger charge is -2.32. The van der Waals surface area contributed by atoms with E-state index >= 15 is 9.59 Å². The van der Waals surface area contributed by atoms with Crippen molar-refractivity contribution >= 4 is 111 Å². The molecule has 94 heavy (non-hydrogen) atoms. The van der Waals surface area contributed by atoms with E-state index in [2.05, 4.69) is 47.5 Å². The van der Waals surface area contributed by atoms with Crippen LogP contribution < -0.4 is 42.5 Å². The van der Waals surface area contributed by atoms with Crippen LogP contribution in [-0.2, 0) is 80.1 Å². The van der Waals surface area contributed by atoms with Gasteiger partial charge in [-0.15, -0.1) is 11.8 Å². The Morgan fingerprint density at radius 3 is 2.09 bits per heavy atom. The summed E-state index contributed by atoms with van der Waals surface area (Å²) in [7, 11) is 0. The molecular weight excluding hydrogens is 1240 g/mol. The molecule has 28 nitrogen and oxygen atoms in total. The van der Waals surface area contributed by atoms with Crippen LogP contribution in [0.1, 0.15) is 105 Å². The molecule has 0 aliphatic carbocycles. The van der Waals surface area contributed by atoms with Crippen LogP contribution in [0.15, 0.2) is 65.7 Å². The maximum absolute atomic E-state index is 15.1. The summed E-state index contributed by atoms with van der Waals surface area (Å²) in [4.78, 5) is 198. The SMILES string of the molecule is C.CC[C@H](C)[C@@H]1NC(=O)CNC(=O)[C@H]2CC(=O)[C@H]([C@@H](C)[C@@H](O)CO)NC(=O)[C@@H]3CC(O)CN3C(=O)[C@H](CC(=O)NCc3ccc(NC(=O)[C@H](C)CC(=O)C(NC(=O)CCN4C(=O)C=CC4=O)C(C)C)cc3)CC(=O)C(CSc3[nH]c4ccccc4c3C2)NC(=O)CNC1=O. The third-order valence-corrected chi connectivity index (χ3v) is 18.5. The number of anilines is 1. The first-order chi connectivity index (χ1) is 44.2. The fraction of sp³-hybridized carbons (Fsp3) is 0.538. The van der Waals surface area contributed by atoms with E-state index in [1.165, 1.54) is 13.8 Å². The zero-order valence-corrected chi connectivity index (χ0v) is 53.6. The van der Waals surface area contributed by atoms with Crippen molar-refractivity contribution in [2.45, 2.75) is 154 Å². The van der Waals surface area contributed by atoms with E-state index in [-0.39, 0.29) is 57.9 Å². The van der Waals surface area contributed by atoms with Gasteiger partial charge in [-0.1, -0.05) is 85.7 Å². The topological polar surface area (TPSA) is 418 Å².